The van der Waals surface area contributed by atoms with E-state index >= 15 is 0 Å². The monoisotopic (exact) mass is 451 g/mol. The number of H-pyrrole nitrogens is 1. The zero-order chi connectivity index (χ0) is 22.1. The van der Waals surface area contributed by atoms with Gasteiger partial charge < -0.3 is 19.5 Å². The van der Waals surface area contributed by atoms with Crippen molar-refractivity contribution in [1.29, 1.82) is 0 Å². The third kappa shape index (κ3) is 4.00. The molecule has 2 aliphatic rings. The Morgan fingerprint density at radius 1 is 1.00 bits per heavy atom. The normalized spacial score (nSPS) is 17.7. The minimum Gasteiger partial charge on any atom is -0.378 e. The van der Waals surface area contributed by atoms with Crippen molar-refractivity contribution in [2.75, 3.05) is 44.3 Å². The van der Waals surface area contributed by atoms with E-state index in [0.717, 1.165) is 34.9 Å². The number of hydrogen-bond acceptors (Lipinski definition) is 4. The van der Waals surface area contributed by atoms with Gasteiger partial charge in [0.15, 0.2) is 0 Å². The molecule has 1 N–H and O–H groups in total. The summed E-state index contributed by atoms with van der Waals surface area (Å²) >= 11 is 6.33. The third-order valence-electron chi connectivity index (χ3n) is 6.50. The molecule has 6 nitrogen and oxygen atoms in total. The highest BCUT2D eigenvalue weighted by Crippen LogP contribution is 2.37. The molecule has 2 fully saturated rings. The second-order valence-corrected chi connectivity index (χ2v) is 8.87. The molecule has 0 aliphatic carbocycles. The highest BCUT2D eigenvalue weighted by atomic mass is 35.5. The summed E-state index contributed by atoms with van der Waals surface area (Å²) in [4.78, 5) is 33.3. The molecule has 2 aromatic carbocycles. The Morgan fingerprint density at radius 3 is 2.44 bits per heavy atom. The van der Waals surface area contributed by atoms with E-state index in [0.29, 0.717) is 50.1 Å². The Labute approximate surface area is 191 Å². The second kappa shape index (κ2) is 8.96. The Balaban J connectivity index is 1.49. The lowest BCUT2D eigenvalue weighted by Crippen LogP contribution is -2.47. The SMILES string of the molecule is O=C(C1CCN(c2c(-c3ccccc3)c3cc(Cl)ccc3[nH]c2=O)CC1)N1CCOCC1. The van der Waals surface area contributed by atoms with E-state index in [-0.39, 0.29) is 17.4 Å². The lowest BCUT2D eigenvalue weighted by atomic mass is 9.93. The lowest BCUT2D eigenvalue weighted by Gasteiger charge is -2.37. The number of pyridine rings is 1. The van der Waals surface area contributed by atoms with E-state index in [9.17, 15) is 9.59 Å². The van der Waals surface area contributed by atoms with Crippen LogP contribution in [0.25, 0.3) is 22.0 Å². The summed E-state index contributed by atoms with van der Waals surface area (Å²) in [5, 5.41) is 1.55. The van der Waals surface area contributed by atoms with E-state index < -0.39 is 0 Å². The Kier molecular flexibility index (Phi) is 5.89. The van der Waals surface area contributed by atoms with Gasteiger partial charge in [-0.1, -0.05) is 41.9 Å². The molecular weight excluding hydrogens is 426 g/mol. The molecule has 7 heteroatoms. The summed E-state index contributed by atoms with van der Waals surface area (Å²) in [6.07, 6.45) is 1.47. The van der Waals surface area contributed by atoms with Crippen LogP contribution in [0.15, 0.2) is 53.3 Å². The van der Waals surface area contributed by atoms with Crippen LogP contribution in [0.5, 0.6) is 0 Å². The van der Waals surface area contributed by atoms with Crippen molar-refractivity contribution >= 4 is 34.1 Å². The number of ether oxygens (including phenoxy) is 1. The van der Waals surface area contributed by atoms with Crippen LogP contribution in [0.1, 0.15) is 12.8 Å². The van der Waals surface area contributed by atoms with E-state index in [4.69, 9.17) is 16.3 Å². The number of nitrogens with zero attached hydrogens (tertiary/aromatic N) is 2. The van der Waals surface area contributed by atoms with Crippen molar-refractivity contribution in [2.24, 2.45) is 5.92 Å². The number of aromatic amines is 1. The maximum absolute atomic E-state index is 13.3. The van der Waals surface area contributed by atoms with Crippen LogP contribution in [0, 0.1) is 5.92 Å². The zero-order valence-electron chi connectivity index (χ0n) is 17.9. The van der Waals surface area contributed by atoms with Crippen LogP contribution in [-0.4, -0.2) is 55.2 Å². The van der Waals surface area contributed by atoms with Gasteiger partial charge in [0.05, 0.1) is 13.2 Å². The molecule has 0 radical (unpaired) electrons. The molecule has 0 saturated carbocycles. The standard InChI is InChI=1S/C25H26ClN3O3/c26-19-6-7-21-20(16-19)22(17-4-2-1-3-5-17)23(24(30)27-21)28-10-8-18(9-11-28)25(31)29-12-14-32-15-13-29/h1-7,16,18H,8-15H2,(H,27,30). The van der Waals surface area contributed by atoms with Crippen LogP contribution < -0.4 is 10.5 Å². The molecule has 2 saturated heterocycles. The van der Waals surface area contributed by atoms with Crippen LogP contribution in [-0.2, 0) is 9.53 Å². The first-order chi connectivity index (χ1) is 15.6. The first-order valence-corrected chi connectivity index (χ1v) is 11.5. The van der Waals surface area contributed by atoms with Gasteiger partial charge in [-0.15, -0.1) is 0 Å². The molecule has 166 valence electrons. The molecular formula is C25H26ClN3O3. The van der Waals surface area contributed by atoms with Gasteiger partial charge in [-0.3, -0.25) is 9.59 Å². The topological polar surface area (TPSA) is 65.6 Å². The number of nitrogens with one attached hydrogen (secondary N) is 1. The number of halogens is 1. The Hall–Kier alpha value is -2.83. The molecule has 3 aromatic rings. The summed E-state index contributed by atoms with van der Waals surface area (Å²) in [5.74, 6) is 0.217. The molecule has 0 atom stereocenters. The van der Waals surface area contributed by atoms with Crippen molar-refractivity contribution in [3.8, 4) is 11.1 Å². The van der Waals surface area contributed by atoms with Crippen molar-refractivity contribution < 1.29 is 9.53 Å². The number of hydrogen-bond donors (Lipinski definition) is 1. The van der Waals surface area contributed by atoms with E-state index in [1.54, 1.807) is 6.07 Å². The summed E-state index contributed by atoms with van der Waals surface area (Å²) in [6, 6.07) is 15.5. The predicted molar refractivity (Wildman–Crippen MR) is 127 cm³/mol. The fourth-order valence-electron chi connectivity index (χ4n) is 4.85. The Morgan fingerprint density at radius 2 is 1.72 bits per heavy atom. The molecule has 2 aliphatic heterocycles. The summed E-state index contributed by atoms with van der Waals surface area (Å²) in [7, 11) is 0. The van der Waals surface area contributed by atoms with E-state index in [1.165, 1.54) is 0 Å². The van der Waals surface area contributed by atoms with Gasteiger partial charge in [0.1, 0.15) is 5.69 Å². The molecule has 1 aromatic heterocycles. The fraction of sp³-hybridized carbons (Fsp3) is 0.360. The smallest absolute Gasteiger partial charge is 0.272 e. The van der Waals surface area contributed by atoms with Crippen LogP contribution in [0.3, 0.4) is 0 Å². The fourth-order valence-corrected chi connectivity index (χ4v) is 5.02. The van der Waals surface area contributed by atoms with E-state index in [2.05, 4.69) is 9.88 Å². The van der Waals surface area contributed by atoms with E-state index in [1.807, 2.05) is 47.4 Å². The molecule has 32 heavy (non-hydrogen) atoms. The van der Waals surface area contributed by atoms with Crippen molar-refractivity contribution in [1.82, 2.24) is 9.88 Å². The number of piperidine rings is 1. The number of carbonyl (C=O) groups is 1. The molecule has 0 bridgehead atoms. The van der Waals surface area contributed by atoms with Gasteiger partial charge in [-0.05, 0) is 36.6 Å². The van der Waals surface area contributed by atoms with Crippen LogP contribution in [0.4, 0.5) is 5.69 Å². The van der Waals surface area contributed by atoms with Crippen molar-refractivity contribution in [3.63, 3.8) is 0 Å². The summed E-state index contributed by atoms with van der Waals surface area (Å²) in [6.45, 7) is 3.89. The first kappa shape index (κ1) is 21.0. The molecule has 1 amide bonds. The highest BCUT2D eigenvalue weighted by molar-refractivity contribution is 6.31. The van der Waals surface area contributed by atoms with Gasteiger partial charge in [0, 0.05) is 53.6 Å². The summed E-state index contributed by atoms with van der Waals surface area (Å²) in [5.41, 5.74) is 3.18. The number of rotatable bonds is 3. The minimum absolute atomic E-state index is 0.00138. The van der Waals surface area contributed by atoms with Gasteiger partial charge in [-0.25, -0.2) is 0 Å². The Bertz CT molecular complexity index is 1180. The number of aromatic nitrogens is 1. The van der Waals surface area contributed by atoms with Crippen molar-refractivity contribution in [2.45, 2.75) is 12.8 Å². The number of anilines is 1. The second-order valence-electron chi connectivity index (χ2n) is 8.43. The van der Waals surface area contributed by atoms with Crippen LogP contribution >= 0.6 is 11.6 Å². The highest BCUT2D eigenvalue weighted by Gasteiger charge is 2.31. The average Bonchev–Trinajstić information content (AvgIpc) is 2.84. The lowest BCUT2D eigenvalue weighted by molar-refractivity contribution is -0.140. The largest absolute Gasteiger partial charge is 0.378 e. The van der Waals surface area contributed by atoms with Gasteiger partial charge in [0.2, 0.25) is 5.91 Å². The maximum Gasteiger partial charge on any atom is 0.272 e. The number of benzene rings is 2. The van der Waals surface area contributed by atoms with Crippen molar-refractivity contribution in [3.05, 3.63) is 63.9 Å². The van der Waals surface area contributed by atoms with Crippen LogP contribution in [0.2, 0.25) is 5.02 Å². The number of morpholine rings is 1. The number of fused-ring (bicyclic) bond motifs is 1. The third-order valence-corrected chi connectivity index (χ3v) is 6.73. The zero-order valence-corrected chi connectivity index (χ0v) is 18.6. The number of amides is 1. The maximum atomic E-state index is 13.3. The quantitative estimate of drug-likeness (QED) is 0.655. The molecule has 3 heterocycles. The molecule has 5 rings (SSSR count). The summed E-state index contributed by atoms with van der Waals surface area (Å²) < 4.78 is 5.37. The number of carbonyl (C=O) groups excluding carboxylic acids is 1. The van der Waals surface area contributed by atoms with Gasteiger partial charge >= 0.3 is 0 Å². The van der Waals surface area contributed by atoms with Gasteiger partial charge in [-0.2, -0.15) is 0 Å². The first-order valence-electron chi connectivity index (χ1n) is 11.1. The van der Waals surface area contributed by atoms with Gasteiger partial charge in [0.25, 0.3) is 5.56 Å². The molecule has 0 unspecified atom stereocenters. The average molecular weight is 452 g/mol. The molecule has 0 spiro atoms. The minimum atomic E-state index is -0.114. The predicted octanol–water partition coefficient (Wildman–Crippen LogP) is 3.92.